The molecular formula is C29H29N3O3S. The summed E-state index contributed by atoms with van der Waals surface area (Å²) in [5, 5.41) is 9.64. The van der Waals surface area contributed by atoms with Crippen molar-refractivity contribution < 1.29 is 14.3 Å². The maximum atomic E-state index is 12.6. The standard InChI is InChI=1S/C29H29N3O3S/c1-18-14-15-36-27(18)12-13-28(33)30-19-8-10-24-22(16-19)29(21-6-4-5-7-23(21)32-24)31-20-9-11-25(34-2)26(17-20)35-3/h8-17H,4-7H2,1-3H3,(H,30,33)(H,31,32)/b13-12+. The number of amides is 1. The van der Waals surface area contributed by atoms with Gasteiger partial charge in [-0.1, -0.05) is 0 Å². The average Bonchev–Trinajstić information content (AvgIpc) is 3.32. The molecule has 2 aromatic carbocycles. The fourth-order valence-electron chi connectivity index (χ4n) is 4.59. The molecule has 1 amide bonds. The molecule has 0 saturated heterocycles. The van der Waals surface area contributed by atoms with Crippen LogP contribution < -0.4 is 20.1 Å². The van der Waals surface area contributed by atoms with E-state index in [4.69, 9.17) is 14.5 Å². The van der Waals surface area contributed by atoms with Crippen molar-refractivity contribution in [2.45, 2.75) is 32.6 Å². The minimum atomic E-state index is -0.164. The third kappa shape index (κ3) is 4.93. The highest BCUT2D eigenvalue weighted by Crippen LogP contribution is 2.38. The normalized spacial score (nSPS) is 13.0. The highest BCUT2D eigenvalue weighted by Gasteiger charge is 2.19. The van der Waals surface area contributed by atoms with E-state index >= 15 is 0 Å². The zero-order valence-corrected chi connectivity index (χ0v) is 21.5. The fraction of sp³-hybridized carbons (Fsp3) is 0.241. The van der Waals surface area contributed by atoms with Gasteiger partial charge in [0.15, 0.2) is 11.5 Å². The first-order chi connectivity index (χ1) is 17.6. The Bertz CT molecular complexity index is 1460. The van der Waals surface area contributed by atoms with Gasteiger partial charge in [0.25, 0.3) is 0 Å². The number of benzene rings is 2. The zero-order chi connectivity index (χ0) is 25.1. The molecule has 7 heteroatoms. The number of nitrogens with one attached hydrogen (secondary N) is 2. The first-order valence-corrected chi connectivity index (χ1v) is 12.9. The van der Waals surface area contributed by atoms with Crippen molar-refractivity contribution in [1.29, 1.82) is 0 Å². The van der Waals surface area contributed by atoms with Crippen LogP contribution in [0.5, 0.6) is 11.5 Å². The van der Waals surface area contributed by atoms with Gasteiger partial charge in [-0.05, 0) is 91.6 Å². The van der Waals surface area contributed by atoms with Crippen molar-refractivity contribution in [2.24, 2.45) is 0 Å². The van der Waals surface area contributed by atoms with E-state index in [0.29, 0.717) is 11.5 Å². The summed E-state index contributed by atoms with van der Waals surface area (Å²) in [4.78, 5) is 18.7. The van der Waals surface area contributed by atoms with E-state index in [9.17, 15) is 4.79 Å². The van der Waals surface area contributed by atoms with Crippen LogP contribution in [0, 0.1) is 6.92 Å². The summed E-state index contributed by atoms with van der Waals surface area (Å²) in [7, 11) is 3.26. The van der Waals surface area contributed by atoms with E-state index in [-0.39, 0.29) is 5.91 Å². The first-order valence-electron chi connectivity index (χ1n) is 12.0. The predicted molar refractivity (Wildman–Crippen MR) is 148 cm³/mol. The van der Waals surface area contributed by atoms with Gasteiger partial charge in [-0.3, -0.25) is 9.78 Å². The molecule has 0 saturated carbocycles. The Morgan fingerprint density at radius 1 is 1.00 bits per heavy atom. The smallest absolute Gasteiger partial charge is 0.248 e. The second-order valence-corrected chi connectivity index (χ2v) is 9.78. The van der Waals surface area contributed by atoms with Gasteiger partial charge in [-0.15, -0.1) is 11.3 Å². The number of aromatic nitrogens is 1. The molecule has 0 aliphatic heterocycles. The van der Waals surface area contributed by atoms with Gasteiger partial charge in [-0.2, -0.15) is 0 Å². The summed E-state index contributed by atoms with van der Waals surface area (Å²) >= 11 is 1.62. The van der Waals surface area contributed by atoms with Gasteiger partial charge in [0, 0.05) is 39.5 Å². The number of hydrogen-bond donors (Lipinski definition) is 2. The number of carbonyl (C=O) groups excluding carboxylic acids is 1. The monoisotopic (exact) mass is 499 g/mol. The number of aryl methyl sites for hydroxylation is 2. The molecule has 36 heavy (non-hydrogen) atoms. The quantitative estimate of drug-likeness (QED) is 0.271. The van der Waals surface area contributed by atoms with E-state index in [1.165, 1.54) is 5.56 Å². The second kappa shape index (κ2) is 10.4. The van der Waals surface area contributed by atoms with Crippen molar-refractivity contribution in [3.05, 3.63) is 75.6 Å². The lowest BCUT2D eigenvalue weighted by Crippen LogP contribution is -2.11. The summed E-state index contributed by atoms with van der Waals surface area (Å²) in [6, 6.07) is 13.7. The van der Waals surface area contributed by atoms with Crippen molar-refractivity contribution in [3.8, 4) is 11.5 Å². The Morgan fingerprint density at radius 3 is 2.58 bits per heavy atom. The molecular weight excluding hydrogens is 470 g/mol. The molecule has 4 aromatic rings. The van der Waals surface area contributed by atoms with Crippen LogP contribution in [0.15, 0.2) is 53.9 Å². The van der Waals surface area contributed by atoms with E-state index in [2.05, 4.69) is 10.6 Å². The van der Waals surface area contributed by atoms with E-state index in [0.717, 1.165) is 69.8 Å². The van der Waals surface area contributed by atoms with Gasteiger partial charge in [0.05, 0.1) is 25.4 Å². The van der Waals surface area contributed by atoms with E-state index < -0.39 is 0 Å². The minimum absolute atomic E-state index is 0.164. The molecule has 5 rings (SSSR count). The number of methoxy groups -OCH3 is 2. The Kier molecular flexibility index (Phi) is 6.91. The lowest BCUT2D eigenvalue weighted by atomic mass is 9.92. The van der Waals surface area contributed by atoms with Gasteiger partial charge in [0.1, 0.15) is 0 Å². The molecule has 1 aliphatic carbocycles. The predicted octanol–water partition coefficient (Wildman–Crippen LogP) is 6.90. The largest absolute Gasteiger partial charge is 0.493 e. The molecule has 6 nitrogen and oxygen atoms in total. The molecule has 0 fully saturated rings. The Hall–Kier alpha value is -3.84. The number of carbonyl (C=O) groups is 1. The van der Waals surface area contributed by atoms with Crippen molar-refractivity contribution in [1.82, 2.24) is 4.98 Å². The molecule has 0 radical (unpaired) electrons. The number of ether oxygens (including phenoxy) is 2. The van der Waals surface area contributed by atoms with Gasteiger partial charge < -0.3 is 20.1 Å². The number of anilines is 3. The minimum Gasteiger partial charge on any atom is -0.493 e. The van der Waals surface area contributed by atoms with E-state index in [1.54, 1.807) is 31.6 Å². The highest BCUT2D eigenvalue weighted by molar-refractivity contribution is 7.11. The van der Waals surface area contributed by atoms with Crippen LogP contribution in [-0.2, 0) is 17.6 Å². The molecule has 0 bridgehead atoms. The summed E-state index contributed by atoms with van der Waals surface area (Å²) in [5.41, 5.74) is 7.10. The lowest BCUT2D eigenvalue weighted by molar-refractivity contribution is -0.111. The van der Waals surface area contributed by atoms with Crippen molar-refractivity contribution in [3.63, 3.8) is 0 Å². The van der Waals surface area contributed by atoms with Gasteiger partial charge >= 0.3 is 0 Å². The summed E-state index contributed by atoms with van der Waals surface area (Å²) in [6.07, 6.45) is 7.65. The lowest BCUT2D eigenvalue weighted by Gasteiger charge is -2.22. The zero-order valence-electron chi connectivity index (χ0n) is 20.7. The van der Waals surface area contributed by atoms with Crippen molar-refractivity contribution in [2.75, 3.05) is 24.9 Å². The Labute approximate surface area is 215 Å². The summed E-state index contributed by atoms with van der Waals surface area (Å²) in [6.45, 7) is 2.04. The van der Waals surface area contributed by atoms with Crippen LogP contribution in [0.3, 0.4) is 0 Å². The molecule has 1 aliphatic rings. The third-order valence-corrected chi connectivity index (χ3v) is 7.45. The number of nitrogens with zero attached hydrogens (tertiary/aromatic N) is 1. The molecule has 184 valence electrons. The molecule has 0 unspecified atom stereocenters. The Balaban J connectivity index is 1.50. The molecule has 0 spiro atoms. The first kappa shape index (κ1) is 23.9. The number of thiophene rings is 1. The molecule has 2 aromatic heterocycles. The van der Waals surface area contributed by atoms with Crippen LogP contribution >= 0.6 is 11.3 Å². The number of fused-ring (bicyclic) bond motifs is 2. The van der Waals surface area contributed by atoms with Gasteiger partial charge in [0.2, 0.25) is 5.91 Å². The maximum Gasteiger partial charge on any atom is 0.248 e. The number of rotatable bonds is 7. The second-order valence-electron chi connectivity index (χ2n) is 8.84. The SMILES string of the molecule is COc1ccc(Nc2c3c(nc4ccc(NC(=O)/C=C/c5sccc5C)cc24)CCCC3)cc1OC. The van der Waals surface area contributed by atoms with Crippen LogP contribution in [0.4, 0.5) is 17.1 Å². The Morgan fingerprint density at radius 2 is 1.81 bits per heavy atom. The summed E-state index contributed by atoms with van der Waals surface area (Å²) < 4.78 is 10.9. The van der Waals surface area contributed by atoms with Crippen molar-refractivity contribution >= 4 is 51.3 Å². The molecule has 2 N–H and O–H groups in total. The summed E-state index contributed by atoms with van der Waals surface area (Å²) in [5.74, 6) is 1.18. The average molecular weight is 500 g/mol. The highest BCUT2D eigenvalue weighted by atomic mass is 32.1. The topological polar surface area (TPSA) is 72.5 Å². The van der Waals surface area contributed by atoms with Gasteiger partial charge in [-0.25, -0.2) is 0 Å². The van der Waals surface area contributed by atoms with Crippen LogP contribution in [-0.4, -0.2) is 25.1 Å². The van der Waals surface area contributed by atoms with Crippen LogP contribution in [0.2, 0.25) is 0 Å². The number of pyridine rings is 1. The van der Waals surface area contributed by atoms with Crippen LogP contribution in [0.1, 0.15) is 34.5 Å². The fourth-order valence-corrected chi connectivity index (χ4v) is 5.41. The molecule has 2 heterocycles. The number of hydrogen-bond acceptors (Lipinski definition) is 6. The maximum absolute atomic E-state index is 12.6. The molecule has 0 atom stereocenters. The third-order valence-electron chi connectivity index (χ3n) is 6.47. The van der Waals surface area contributed by atoms with E-state index in [1.807, 2.05) is 60.8 Å². The van der Waals surface area contributed by atoms with Crippen LogP contribution in [0.25, 0.3) is 17.0 Å².